The topological polar surface area (TPSA) is 12.0 Å². The van der Waals surface area contributed by atoms with Gasteiger partial charge in [0.25, 0.3) is 0 Å². The van der Waals surface area contributed by atoms with Gasteiger partial charge in [-0.05, 0) is 49.5 Å². The van der Waals surface area contributed by atoms with Gasteiger partial charge < -0.3 is 5.32 Å². The van der Waals surface area contributed by atoms with Crippen molar-refractivity contribution in [3.63, 3.8) is 0 Å². The van der Waals surface area contributed by atoms with Gasteiger partial charge in [-0.1, -0.05) is 63.6 Å². The molecule has 1 aromatic carbocycles. The minimum atomic E-state index is 0.645. The molecule has 0 bridgehead atoms. The first-order valence-electron chi connectivity index (χ1n) is 7.10. The highest BCUT2D eigenvalue weighted by Gasteiger charge is 2.02. The standard InChI is InChI=1S/C12H15Cl.C5H13N/c1-4-10-5-6-11(7-9(2)3)12(13)8-10;1-3-4-5-6-2/h4-6,8-9H,1,7H2,2-3H3;6H,3-5H2,1-2H3. The molecule has 0 fully saturated rings. The predicted molar refractivity (Wildman–Crippen MR) is 88.9 cm³/mol. The maximum absolute atomic E-state index is 6.10. The van der Waals surface area contributed by atoms with E-state index >= 15 is 0 Å². The third kappa shape index (κ3) is 8.85. The average Bonchev–Trinajstić information content (AvgIpc) is 2.39. The lowest BCUT2D eigenvalue weighted by Gasteiger charge is -2.07. The quantitative estimate of drug-likeness (QED) is 0.708. The molecular formula is C17H28ClN. The van der Waals surface area contributed by atoms with Gasteiger partial charge in [-0.25, -0.2) is 0 Å². The second kappa shape index (κ2) is 11.1. The van der Waals surface area contributed by atoms with Gasteiger partial charge in [0.1, 0.15) is 0 Å². The minimum Gasteiger partial charge on any atom is -0.320 e. The minimum absolute atomic E-state index is 0.645. The van der Waals surface area contributed by atoms with Crippen LogP contribution in [0, 0.1) is 5.92 Å². The normalized spacial score (nSPS) is 10.0. The third-order valence-electron chi connectivity index (χ3n) is 2.72. The van der Waals surface area contributed by atoms with Gasteiger partial charge in [0.2, 0.25) is 0 Å². The van der Waals surface area contributed by atoms with Gasteiger partial charge in [-0.2, -0.15) is 0 Å². The molecule has 19 heavy (non-hydrogen) atoms. The van der Waals surface area contributed by atoms with Crippen LogP contribution in [0.25, 0.3) is 6.08 Å². The summed E-state index contributed by atoms with van der Waals surface area (Å²) < 4.78 is 0. The smallest absolute Gasteiger partial charge is 0.0444 e. The van der Waals surface area contributed by atoms with E-state index in [4.69, 9.17) is 11.6 Å². The van der Waals surface area contributed by atoms with E-state index in [0.29, 0.717) is 5.92 Å². The number of nitrogens with one attached hydrogen (secondary N) is 1. The summed E-state index contributed by atoms with van der Waals surface area (Å²) in [5.41, 5.74) is 2.31. The first kappa shape index (κ1) is 18.2. The molecule has 0 saturated carbocycles. The van der Waals surface area contributed by atoms with Gasteiger partial charge in [-0.15, -0.1) is 0 Å². The molecule has 0 aliphatic carbocycles. The van der Waals surface area contributed by atoms with E-state index in [-0.39, 0.29) is 0 Å². The van der Waals surface area contributed by atoms with E-state index in [0.717, 1.165) is 23.6 Å². The van der Waals surface area contributed by atoms with Crippen molar-refractivity contribution in [3.05, 3.63) is 40.9 Å². The van der Waals surface area contributed by atoms with Crippen LogP contribution in [-0.2, 0) is 6.42 Å². The number of benzene rings is 1. The Morgan fingerprint density at radius 3 is 2.42 bits per heavy atom. The molecule has 1 aromatic rings. The summed E-state index contributed by atoms with van der Waals surface area (Å²) in [7, 11) is 1.98. The summed E-state index contributed by atoms with van der Waals surface area (Å²) in [5, 5.41) is 3.92. The molecule has 0 amide bonds. The lowest BCUT2D eigenvalue weighted by Crippen LogP contribution is -2.06. The first-order chi connectivity index (χ1) is 9.04. The highest BCUT2D eigenvalue weighted by Crippen LogP contribution is 2.21. The second-order valence-electron chi connectivity index (χ2n) is 5.11. The van der Waals surface area contributed by atoms with Crippen molar-refractivity contribution in [2.24, 2.45) is 5.92 Å². The van der Waals surface area contributed by atoms with Gasteiger partial charge >= 0.3 is 0 Å². The van der Waals surface area contributed by atoms with Crippen molar-refractivity contribution in [1.82, 2.24) is 5.32 Å². The van der Waals surface area contributed by atoms with Crippen molar-refractivity contribution >= 4 is 17.7 Å². The van der Waals surface area contributed by atoms with Crippen LogP contribution in [0.2, 0.25) is 5.02 Å². The summed E-state index contributed by atoms with van der Waals surface area (Å²) in [5.74, 6) is 0.645. The van der Waals surface area contributed by atoms with Gasteiger partial charge in [0.15, 0.2) is 0 Å². The highest BCUT2D eigenvalue weighted by molar-refractivity contribution is 6.31. The number of hydrogen-bond donors (Lipinski definition) is 1. The fourth-order valence-electron chi connectivity index (χ4n) is 1.65. The predicted octanol–water partition coefficient (Wildman–Crippen LogP) is 5.19. The SMILES string of the molecule is C=Cc1ccc(CC(C)C)c(Cl)c1.CCCCNC. The van der Waals surface area contributed by atoms with Crippen LogP contribution < -0.4 is 5.32 Å². The summed E-state index contributed by atoms with van der Waals surface area (Å²) in [6.07, 6.45) is 5.44. The molecule has 1 N–H and O–H groups in total. The van der Waals surface area contributed by atoms with E-state index in [1.54, 1.807) is 0 Å². The fraction of sp³-hybridized carbons (Fsp3) is 0.529. The molecule has 2 heteroatoms. The van der Waals surface area contributed by atoms with Crippen molar-refractivity contribution in [2.75, 3.05) is 13.6 Å². The Morgan fingerprint density at radius 2 is 2.05 bits per heavy atom. The van der Waals surface area contributed by atoms with Crippen LogP contribution in [-0.4, -0.2) is 13.6 Å². The maximum Gasteiger partial charge on any atom is 0.0444 e. The zero-order valence-electron chi connectivity index (χ0n) is 12.8. The van der Waals surface area contributed by atoms with Crippen LogP contribution >= 0.6 is 11.6 Å². The number of hydrogen-bond acceptors (Lipinski definition) is 1. The summed E-state index contributed by atoms with van der Waals surface area (Å²) in [6, 6.07) is 6.10. The van der Waals surface area contributed by atoms with Crippen molar-refractivity contribution in [3.8, 4) is 0 Å². The van der Waals surface area contributed by atoms with Crippen LogP contribution in [0.1, 0.15) is 44.7 Å². The summed E-state index contributed by atoms with van der Waals surface area (Å²) >= 11 is 6.10. The zero-order valence-corrected chi connectivity index (χ0v) is 13.6. The maximum atomic E-state index is 6.10. The van der Waals surface area contributed by atoms with Gasteiger partial charge in [0.05, 0.1) is 0 Å². The molecule has 0 aliphatic heterocycles. The van der Waals surface area contributed by atoms with Crippen LogP contribution in [0.3, 0.4) is 0 Å². The molecule has 0 aliphatic rings. The largest absolute Gasteiger partial charge is 0.320 e. The number of halogens is 1. The van der Waals surface area contributed by atoms with E-state index in [1.165, 1.54) is 18.4 Å². The Bertz CT molecular complexity index is 354. The molecule has 0 atom stereocenters. The Labute approximate surface area is 124 Å². The van der Waals surface area contributed by atoms with Crippen LogP contribution in [0.15, 0.2) is 24.8 Å². The summed E-state index contributed by atoms with van der Waals surface area (Å²) in [4.78, 5) is 0. The highest BCUT2D eigenvalue weighted by atomic mass is 35.5. The van der Waals surface area contributed by atoms with E-state index in [1.807, 2.05) is 19.2 Å². The molecule has 0 unspecified atom stereocenters. The van der Waals surface area contributed by atoms with E-state index in [2.05, 4.69) is 44.8 Å². The molecule has 1 rings (SSSR count). The van der Waals surface area contributed by atoms with Crippen LogP contribution in [0.5, 0.6) is 0 Å². The lowest BCUT2D eigenvalue weighted by molar-refractivity contribution is 0.647. The fourth-order valence-corrected chi connectivity index (χ4v) is 1.92. The molecule has 0 aromatic heterocycles. The molecule has 0 heterocycles. The zero-order chi connectivity index (χ0) is 14.7. The third-order valence-corrected chi connectivity index (χ3v) is 3.07. The molecule has 1 nitrogen and oxygen atoms in total. The van der Waals surface area contributed by atoms with Crippen molar-refractivity contribution < 1.29 is 0 Å². The van der Waals surface area contributed by atoms with E-state index in [9.17, 15) is 0 Å². The second-order valence-corrected chi connectivity index (χ2v) is 5.52. The van der Waals surface area contributed by atoms with E-state index < -0.39 is 0 Å². The molecule has 0 saturated heterocycles. The Balaban J connectivity index is 0.000000459. The molecular weight excluding hydrogens is 254 g/mol. The molecule has 0 spiro atoms. The van der Waals surface area contributed by atoms with Crippen molar-refractivity contribution in [1.29, 1.82) is 0 Å². The Morgan fingerprint density at radius 1 is 1.37 bits per heavy atom. The number of rotatable bonds is 6. The van der Waals surface area contributed by atoms with Gasteiger partial charge in [0, 0.05) is 5.02 Å². The molecule has 108 valence electrons. The Kier molecular flexibility index (Phi) is 10.6. The molecule has 0 radical (unpaired) electrons. The Hall–Kier alpha value is -0.790. The lowest BCUT2D eigenvalue weighted by atomic mass is 10.0. The first-order valence-corrected chi connectivity index (χ1v) is 7.48. The summed E-state index contributed by atoms with van der Waals surface area (Å²) in [6.45, 7) is 11.4. The number of unbranched alkanes of at least 4 members (excludes halogenated alkanes) is 1. The average molecular weight is 282 g/mol. The van der Waals surface area contributed by atoms with Gasteiger partial charge in [-0.3, -0.25) is 0 Å². The van der Waals surface area contributed by atoms with Crippen LogP contribution in [0.4, 0.5) is 0 Å². The monoisotopic (exact) mass is 281 g/mol. The van der Waals surface area contributed by atoms with Crippen molar-refractivity contribution in [2.45, 2.75) is 40.0 Å².